The van der Waals surface area contributed by atoms with Crippen molar-refractivity contribution in [3.8, 4) is 0 Å². The monoisotopic (exact) mass is 449 g/mol. The highest BCUT2D eigenvalue weighted by Crippen LogP contribution is 2.64. The molecule has 0 spiro atoms. The summed E-state index contributed by atoms with van der Waals surface area (Å²) in [7, 11) is 0. The van der Waals surface area contributed by atoms with Crippen LogP contribution in [0.15, 0.2) is 72.1 Å². The Hall–Kier alpha value is -3.13. The molecule has 2 aliphatic carbocycles. The first kappa shape index (κ1) is 20.8. The van der Waals surface area contributed by atoms with Crippen LogP contribution < -0.4 is 0 Å². The summed E-state index contributed by atoms with van der Waals surface area (Å²) in [6.45, 7) is 0.468. The van der Waals surface area contributed by atoms with Crippen LogP contribution in [0.4, 0.5) is 0 Å². The van der Waals surface area contributed by atoms with Gasteiger partial charge in [0, 0.05) is 5.25 Å². The van der Waals surface area contributed by atoms with Crippen LogP contribution in [0.25, 0.3) is 0 Å². The Morgan fingerprint density at radius 1 is 0.906 bits per heavy atom. The SMILES string of the molecule is O=C(OCc1ccccc1)C1CC(Sc2ncn[nH]2)C2C(C(=O)OCc3ccccc3)C12. The third kappa shape index (κ3) is 4.41. The minimum Gasteiger partial charge on any atom is -0.461 e. The maximum absolute atomic E-state index is 12.9. The number of rotatable bonds is 8. The van der Waals surface area contributed by atoms with Gasteiger partial charge in [0.15, 0.2) is 5.16 Å². The number of fused-ring (bicyclic) bond motifs is 1. The number of esters is 2. The Morgan fingerprint density at radius 2 is 1.53 bits per heavy atom. The van der Waals surface area contributed by atoms with Gasteiger partial charge in [-0.05, 0) is 29.4 Å². The summed E-state index contributed by atoms with van der Waals surface area (Å²) in [5.74, 6) is -1.08. The molecule has 8 heteroatoms. The Morgan fingerprint density at radius 3 is 2.12 bits per heavy atom. The molecule has 1 N–H and O–H groups in total. The minimum atomic E-state index is -0.321. The van der Waals surface area contributed by atoms with E-state index in [1.165, 1.54) is 18.1 Å². The predicted molar refractivity (Wildman–Crippen MR) is 117 cm³/mol. The van der Waals surface area contributed by atoms with Gasteiger partial charge in [0.1, 0.15) is 19.5 Å². The number of H-pyrrole nitrogens is 1. The quantitative estimate of drug-likeness (QED) is 0.525. The first-order valence-electron chi connectivity index (χ1n) is 10.6. The van der Waals surface area contributed by atoms with Crippen LogP contribution in [0.1, 0.15) is 17.5 Å². The molecule has 5 atom stereocenters. The van der Waals surface area contributed by atoms with Crippen molar-refractivity contribution in [2.45, 2.75) is 30.0 Å². The second-order valence-electron chi connectivity index (χ2n) is 8.16. The maximum Gasteiger partial charge on any atom is 0.309 e. The van der Waals surface area contributed by atoms with Crippen molar-refractivity contribution in [1.29, 1.82) is 0 Å². The average Bonchev–Trinajstić information content (AvgIpc) is 3.14. The molecular formula is C24H23N3O4S. The third-order valence-electron chi connectivity index (χ3n) is 6.19. The number of hydrogen-bond donors (Lipinski definition) is 1. The summed E-state index contributed by atoms with van der Waals surface area (Å²) in [4.78, 5) is 30.0. The normalized spacial score (nSPS) is 25.7. The van der Waals surface area contributed by atoms with Gasteiger partial charge in [-0.1, -0.05) is 72.4 Å². The molecule has 2 saturated carbocycles. The molecule has 1 aromatic heterocycles. The number of thioether (sulfide) groups is 1. The van der Waals surface area contributed by atoms with Gasteiger partial charge < -0.3 is 9.47 Å². The van der Waals surface area contributed by atoms with Crippen LogP contribution in [0, 0.1) is 23.7 Å². The number of nitrogens with one attached hydrogen (secondary N) is 1. The Kier molecular flexibility index (Phi) is 5.94. The molecule has 164 valence electrons. The van der Waals surface area contributed by atoms with Crippen molar-refractivity contribution in [1.82, 2.24) is 15.2 Å². The molecule has 2 fully saturated rings. The molecule has 3 aromatic rings. The second kappa shape index (κ2) is 9.16. The van der Waals surface area contributed by atoms with Crippen molar-refractivity contribution in [3.63, 3.8) is 0 Å². The van der Waals surface area contributed by atoms with Gasteiger partial charge in [0.25, 0.3) is 0 Å². The number of benzene rings is 2. The van der Waals surface area contributed by atoms with Gasteiger partial charge in [-0.25, -0.2) is 4.98 Å². The Bertz CT molecular complexity index is 1060. The average molecular weight is 450 g/mol. The molecule has 0 aliphatic heterocycles. The molecule has 2 aromatic carbocycles. The van der Waals surface area contributed by atoms with E-state index >= 15 is 0 Å². The number of aromatic amines is 1. The zero-order valence-electron chi connectivity index (χ0n) is 17.3. The lowest BCUT2D eigenvalue weighted by Gasteiger charge is -2.17. The van der Waals surface area contributed by atoms with Crippen molar-refractivity contribution < 1.29 is 19.1 Å². The summed E-state index contributed by atoms with van der Waals surface area (Å²) in [5, 5.41) is 7.52. The summed E-state index contributed by atoms with van der Waals surface area (Å²) < 4.78 is 11.2. The number of carbonyl (C=O) groups is 2. The number of hydrogen-bond acceptors (Lipinski definition) is 7. The lowest BCUT2D eigenvalue weighted by atomic mass is 10.00. The lowest BCUT2D eigenvalue weighted by molar-refractivity contribution is -0.152. The molecule has 7 nitrogen and oxygen atoms in total. The van der Waals surface area contributed by atoms with E-state index in [0.29, 0.717) is 11.6 Å². The van der Waals surface area contributed by atoms with Crippen LogP contribution >= 0.6 is 11.8 Å². The number of carbonyl (C=O) groups excluding carboxylic acids is 2. The van der Waals surface area contributed by atoms with Crippen LogP contribution in [-0.2, 0) is 32.3 Å². The van der Waals surface area contributed by atoms with Gasteiger partial charge >= 0.3 is 11.9 Å². The molecule has 32 heavy (non-hydrogen) atoms. The van der Waals surface area contributed by atoms with E-state index in [1.807, 2.05) is 60.7 Å². The first-order valence-corrected chi connectivity index (χ1v) is 11.5. The van der Waals surface area contributed by atoms with Gasteiger partial charge in [-0.2, -0.15) is 5.10 Å². The maximum atomic E-state index is 12.9. The highest BCUT2D eigenvalue weighted by molar-refractivity contribution is 7.99. The minimum absolute atomic E-state index is 0.0537. The van der Waals surface area contributed by atoms with Crippen LogP contribution in [-0.4, -0.2) is 32.4 Å². The van der Waals surface area contributed by atoms with Gasteiger partial charge in [-0.3, -0.25) is 14.7 Å². The van der Waals surface area contributed by atoms with E-state index < -0.39 is 0 Å². The topological polar surface area (TPSA) is 94.2 Å². The van der Waals surface area contributed by atoms with Crippen LogP contribution in [0.2, 0.25) is 0 Å². The van der Waals surface area contributed by atoms with Crippen molar-refractivity contribution in [2.24, 2.45) is 23.7 Å². The number of ether oxygens (including phenoxy) is 2. The summed E-state index contributed by atoms with van der Waals surface area (Å²) in [6.07, 6.45) is 2.11. The predicted octanol–water partition coefficient (Wildman–Crippen LogP) is 3.63. The van der Waals surface area contributed by atoms with Crippen molar-refractivity contribution >= 4 is 23.7 Å². The fourth-order valence-corrected chi connectivity index (χ4v) is 5.98. The smallest absolute Gasteiger partial charge is 0.309 e. The first-order chi connectivity index (χ1) is 15.7. The third-order valence-corrected chi connectivity index (χ3v) is 7.42. The van der Waals surface area contributed by atoms with E-state index in [2.05, 4.69) is 15.2 Å². The lowest BCUT2D eigenvalue weighted by Crippen LogP contribution is -2.24. The summed E-state index contributed by atoms with van der Waals surface area (Å²) >= 11 is 1.53. The van der Waals surface area contributed by atoms with E-state index in [0.717, 1.165) is 11.1 Å². The molecular weight excluding hydrogens is 426 g/mol. The highest BCUT2D eigenvalue weighted by atomic mass is 32.2. The van der Waals surface area contributed by atoms with E-state index in [4.69, 9.17) is 9.47 Å². The number of aromatic nitrogens is 3. The highest BCUT2D eigenvalue weighted by Gasteiger charge is 2.68. The van der Waals surface area contributed by atoms with Gasteiger partial charge in [0.05, 0.1) is 11.8 Å². The molecule has 0 radical (unpaired) electrons. The summed E-state index contributed by atoms with van der Waals surface area (Å²) in [6, 6.07) is 19.2. The van der Waals surface area contributed by atoms with Crippen LogP contribution in [0.5, 0.6) is 0 Å². The van der Waals surface area contributed by atoms with E-state index in [9.17, 15) is 9.59 Å². The molecule has 0 saturated heterocycles. The van der Waals surface area contributed by atoms with Gasteiger partial charge in [-0.15, -0.1) is 0 Å². The standard InChI is InChI=1S/C24H23N3O4S/c28-22(30-12-15-7-3-1-4-8-15)17-11-18(32-24-25-14-26-27-24)20-19(17)21(20)23(29)31-13-16-9-5-2-6-10-16/h1-10,14,17-21H,11-13H2,(H,25,26,27). The molecule has 0 amide bonds. The fourth-order valence-electron chi connectivity index (χ4n) is 4.67. The van der Waals surface area contributed by atoms with Crippen LogP contribution in [0.3, 0.4) is 0 Å². The largest absolute Gasteiger partial charge is 0.461 e. The van der Waals surface area contributed by atoms with Crippen molar-refractivity contribution in [3.05, 3.63) is 78.1 Å². The zero-order chi connectivity index (χ0) is 21.9. The molecule has 5 rings (SSSR count). The van der Waals surface area contributed by atoms with Gasteiger partial charge in [0.2, 0.25) is 0 Å². The van der Waals surface area contributed by atoms with E-state index in [1.54, 1.807) is 0 Å². The summed E-state index contributed by atoms with van der Waals surface area (Å²) in [5.41, 5.74) is 1.88. The molecule has 5 unspecified atom stereocenters. The molecule has 0 bridgehead atoms. The Labute approximate surface area is 189 Å². The Balaban J connectivity index is 1.25. The number of nitrogens with zero attached hydrogens (tertiary/aromatic N) is 2. The zero-order valence-corrected chi connectivity index (χ0v) is 18.1. The second-order valence-corrected chi connectivity index (χ2v) is 9.38. The van der Waals surface area contributed by atoms with E-state index in [-0.39, 0.29) is 54.1 Å². The molecule has 2 aliphatic rings. The fraction of sp³-hybridized carbons (Fsp3) is 0.333. The molecule has 1 heterocycles. The van der Waals surface area contributed by atoms with Crippen molar-refractivity contribution in [2.75, 3.05) is 0 Å².